The van der Waals surface area contributed by atoms with Crippen LogP contribution in [0.1, 0.15) is 0 Å². The van der Waals surface area contributed by atoms with E-state index in [0.29, 0.717) is 17.2 Å². The molecule has 0 aliphatic carbocycles. The third kappa shape index (κ3) is 6.92. The normalized spacial score (nSPS) is 9.78. The molecule has 140 valence electrons. The highest BCUT2D eigenvalue weighted by molar-refractivity contribution is 7.99. The van der Waals surface area contributed by atoms with Crippen LogP contribution in [0.25, 0.3) is 0 Å². The van der Waals surface area contributed by atoms with Gasteiger partial charge in [-0.2, -0.15) is 5.26 Å². The van der Waals surface area contributed by atoms with Gasteiger partial charge in [0.25, 0.3) is 5.91 Å². The number of hydrogen-bond donors (Lipinski definition) is 1. The highest BCUT2D eigenvalue weighted by Crippen LogP contribution is 2.26. The molecule has 2 aromatic rings. The van der Waals surface area contributed by atoms with E-state index >= 15 is 0 Å². The molecule has 0 radical (unpaired) electrons. The molecule has 0 atom stereocenters. The second kappa shape index (κ2) is 10.7. The lowest BCUT2D eigenvalue weighted by atomic mass is 10.3. The monoisotopic (exact) mass is 386 g/mol. The molecule has 0 spiro atoms. The van der Waals surface area contributed by atoms with Crippen molar-refractivity contribution in [2.24, 2.45) is 0 Å². The molecule has 0 saturated heterocycles. The van der Waals surface area contributed by atoms with E-state index in [1.165, 1.54) is 11.8 Å². The van der Waals surface area contributed by atoms with Crippen molar-refractivity contribution in [2.75, 3.05) is 31.4 Å². The number of para-hydroxylation sites is 1. The lowest BCUT2D eigenvalue weighted by Gasteiger charge is -2.10. The van der Waals surface area contributed by atoms with Crippen LogP contribution in [0.4, 0.5) is 5.69 Å². The summed E-state index contributed by atoms with van der Waals surface area (Å²) >= 11 is 1.31. The summed E-state index contributed by atoms with van der Waals surface area (Å²) in [7, 11) is 1.55. The number of hydrogen-bond acceptors (Lipinski definition) is 7. The summed E-state index contributed by atoms with van der Waals surface area (Å²) in [6, 6.07) is 15.9. The molecule has 8 heteroatoms. The molecular formula is C19H18N2O5S. The minimum atomic E-state index is -0.659. The largest absolute Gasteiger partial charge is 0.497 e. The predicted octanol–water partition coefficient (Wildman–Crippen LogP) is 2.87. The van der Waals surface area contributed by atoms with E-state index in [0.717, 1.165) is 4.90 Å². The predicted molar refractivity (Wildman–Crippen MR) is 101 cm³/mol. The maximum absolute atomic E-state index is 12.0. The number of amides is 1. The lowest BCUT2D eigenvalue weighted by molar-refractivity contribution is -0.149. The van der Waals surface area contributed by atoms with Crippen LogP contribution < -0.4 is 14.8 Å². The van der Waals surface area contributed by atoms with Crippen LogP contribution in [0.3, 0.4) is 0 Å². The number of nitrogens with zero attached hydrogens (tertiary/aromatic N) is 1. The Morgan fingerprint density at radius 2 is 1.78 bits per heavy atom. The first-order chi connectivity index (χ1) is 13.1. The van der Waals surface area contributed by atoms with Gasteiger partial charge in [0.1, 0.15) is 11.5 Å². The molecule has 0 aromatic heterocycles. The number of nitrogens with one attached hydrogen (secondary N) is 1. The Morgan fingerprint density at radius 1 is 1.07 bits per heavy atom. The fourth-order valence-corrected chi connectivity index (χ4v) is 2.66. The van der Waals surface area contributed by atoms with Gasteiger partial charge in [-0.3, -0.25) is 4.79 Å². The number of ether oxygens (including phenoxy) is 3. The molecule has 0 unspecified atom stereocenters. The van der Waals surface area contributed by atoms with E-state index in [4.69, 9.17) is 19.5 Å². The van der Waals surface area contributed by atoms with E-state index in [-0.39, 0.29) is 12.4 Å². The summed E-state index contributed by atoms with van der Waals surface area (Å²) in [5.41, 5.74) is 0.563. The third-order valence-electron chi connectivity index (χ3n) is 3.23. The molecule has 2 aromatic carbocycles. The maximum atomic E-state index is 12.0. The molecule has 0 heterocycles. The first-order valence-electron chi connectivity index (χ1n) is 7.93. The number of anilines is 1. The first-order valence-corrected chi connectivity index (χ1v) is 8.92. The Labute approximate surface area is 161 Å². The molecule has 27 heavy (non-hydrogen) atoms. The topological polar surface area (TPSA) is 97.7 Å². The fraction of sp³-hybridized carbons (Fsp3) is 0.211. The van der Waals surface area contributed by atoms with Crippen LogP contribution in [0, 0.1) is 11.3 Å². The fourth-order valence-electron chi connectivity index (χ4n) is 1.99. The van der Waals surface area contributed by atoms with Gasteiger partial charge in [0.05, 0.1) is 24.6 Å². The van der Waals surface area contributed by atoms with Crippen LogP contribution in [0.2, 0.25) is 0 Å². The minimum absolute atomic E-state index is 0.268. The van der Waals surface area contributed by atoms with Crippen LogP contribution >= 0.6 is 11.8 Å². The molecule has 0 aliphatic rings. The Morgan fingerprint density at radius 3 is 2.48 bits per heavy atom. The van der Waals surface area contributed by atoms with Crippen molar-refractivity contribution >= 4 is 29.3 Å². The molecule has 1 amide bonds. The Kier molecular flexibility index (Phi) is 8.00. The van der Waals surface area contributed by atoms with Crippen molar-refractivity contribution in [3.8, 4) is 17.6 Å². The average Bonchev–Trinajstić information content (AvgIpc) is 2.70. The first kappa shape index (κ1) is 20.1. The van der Waals surface area contributed by atoms with Gasteiger partial charge in [0, 0.05) is 4.90 Å². The maximum Gasteiger partial charge on any atom is 0.344 e. The Hall–Kier alpha value is -3.18. The zero-order valence-corrected chi connectivity index (χ0v) is 15.5. The van der Waals surface area contributed by atoms with Crippen molar-refractivity contribution in [1.82, 2.24) is 0 Å². The van der Waals surface area contributed by atoms with Gasteiger partial charge in [-0.25, -0.2) is 4.79 Å². The number of benzene rings is 2. The van der Waals surface area contributed by atoms with E-state index < -0.39 is 18.5 Å². The van der Waals surface area contributed by atoms with Gasteiger partial charge in [0.2, 0.25) is 0 Å². The number of esters is 1. The number of carbonyl (C=O) groups excluding carboxylic acids is 2. The number of carbonyl (C=O) groups is 2. The summed E-state index contributed by atoms with van der Waals surface area (Å²) < 4.78 is 15.2. The standard InChI is InChI=1S/C19H18N2O5S/c1-24-14-6-8-15(9-7-14)25-13-19(23)26-12-18(22)21-16-4-2-3-5-17(16)27-11-10-20/h2-9H,11-13H2,1H3,(H,21,22). The van der Waals surface area contributed by atoms with Crippen LogP contribution in [0.5, 0.6) is 11.5 Å². The molecule has 0 saturated carbocycles. The molecule has 0 bridgehead atoms. The summed E-state index contributed by atoms with van der Waals surface area (Å²) in [4.78, 5) is 24.4. The van der Waals surface area contributed by atoms with E-state index in [9.17, 15) is 9.59 Å². The number of nitriles is 1. The zero-order valence-electron chi connectivity index (χ0n) is 14.6. The number of methoxy groups -OCH3 is 1. The van der Waals surface area contributed by atoms with Crippen molar-refractivity contribution in [3.63, 3.8) is 0 Å². The third-order valence-corrected chi connectivity index (χ3v) is 4.17. The van der Waals surface area contributed by atoms with Gasteiger partial charge in [0.15, 0.2) is 13.2 Å². The quantitative estimate of drug-likeness (QED) is 0.523. The second-order valence-electron chi connectivity index (χ2n) is 5.12. The molecule has 7 nitrogen and oxygen atoms in total. The second-order valence-corrected chi connectivity index (χ2v) is 6.13. The summed E-state index contributed by atoms with van der Waals surface area (Å²) in [6.07, 6.45) is 0. The van der Waals surface area contributed by atoms with Crippen molar-refractivity contribution < 1.29 is 23.8 Å². The summed E-state index contributed by atoms with van der Waals surface area (Å²) in [6.45, 7) is -0.740. The molecule has 0 fully saturated rings. The van der Waals surface area contributed by atoms with E-state index in [1.54, 1.807) is 49.6 Å². The van der Waals surface area contributed by atoms with Crippen LogP contribution in [-0.4, -0.2) is 38.0 Å². The number of thioether (sulfide) groups is 1. The summed E-state index contributed by atoms with van der Waals surface area (Å²) in [5, 5.41) is 11.3. The van der Waals surface area contributed by atoms with Gasteiger partial charge in [-0.05, 0) is 36.4 Å². The van der Waals surface area contributed by atoms with Gasteiger partial charge in [-0.1, -0.05) is 12.1 Å². The molecule has 0 aliphatic heterocycles. The minimum Gasteiger partial charge on any atom is -0.497 e. The highest BCUT2D eigenvalue weighted by Gasteiger charge is 2.11. The summed E-state index contributed by atoms with van der Waals surface area (Å²) in [5.74, 6) is 0.297. The highest BCUT2D eigenvalue weighted by atomic mass is 32.2. The Bertz CT molecular complexity index is 818. The zero-order chi connectivity index (χ0) is 19.5. The van der Waals surface area contributed by atoms with E-state index in [1.807, 2.05) is 12.1 Å². The number of rotatable bonds is 9. The van der Waals surface area contributed by atoms with Gasteiger partial charge < -0.3 is 19.5 Å². The van der Waals surface area contributed by atoms with Gasteiger partial charge >= 0.3 is 5.97 Å². The Balaban J connectivity index is 1.76. The average molecular weight is 386 g/mol. The molecule has 1 N–H and O–H groups in total. The van der Waals surface area contributed by atoms with Crippen LogP contribution in [-0.2, 0) is 14.3 Å². The molecule has 2 rings (SSSR count). The lowest BCUT2D eigenvalue weighted by Crippen LogP contribution is -2.23. The van der Waals surface area contributed by atoms with Gasteiger partial charge in [-0.15, -0.1) is 11.8 Å². The van der Waals surface area contributed by atoms with E-state index in [2.05, 4.69) is 5.32 Å². The van der Waals surface area contributed by atoms with Crippen LogP contribution in [0.15, 0.2) is 53.4 Å². The van der Waals surface area contributed by atoms with Crippen molar-refractivity contribution in [1.29, 1.82) is 5.26 Å². The smallest absolute Gasteiger partial charge is 0.344 e. The SMILES string of the molecule is COc1ccc(OCC(=O)OCC(=O)Nc2ccccc2SCC#N)cc1. The molecular weight excluding hydrogens is 368 g/mol. The van der Waals surface area contributed by atoms with Crippen molar-refractivity contribution in [2.45, 2.75) is 4.90 Å². The van der Waals surface area contributed by atoms with Crippen molar-refractivity contribution in [3.05, 3.63) is 48.5 Å².